The third kappa shape index (κ3) is 4.73. The number of nitrogens with zero attached hydrogens (tertiary/aromatic N) is 2. The number of halogens is 2. The average Bonchev–Trinajstić information content (AvgIpc) is 2.48. The van der Waals surface area contributed by atoms with E-state index in [2.05, 4.69) is 22.2 Å². The van der Waals surface area contributed by atoms with Gasteiger partial charge in [0.05, 0.1) is 0 Å². The lowest BCUT2D eigenvalue weighted by Crippen LogP contribution is -2.45. The molecule has 1 atom stereocenters. The Hall–Kier alpha value is -1.04. The van der Waals surface area contributed by atoms with Gasteiger partial charge in [-0.2, -0.15) is 0 Å². The minimum atomic E-state index is -0.779. The molecule has 0 aromatic heterocycles. The van der Waals surface area contributed by atoms with Gasteiger partial charge in [0, 0.05) is 37.8 Å². The van der Waals surface area contributed by atoms with E-state index in [0.29, 0.717) is 5.56 Å². The number of hydrogen-bond donors (Lipinski definition) is 1. The summed E-state index contributed by atoms with van der Waals surface area (Å²) in [5.74, 6) is -1.52. The van der Waals surface area contributed by atoms with Crippen molar-refractivity contribution in [2.24, 2.45) is 0 Å². The van der Waals surface area contributed by atoms with Crippen molar-refractivity contribution in [3.63, 3.8) is 0 Å². The molecule has 1 heterocycles. The van der Waals surface area contributed by atoms with E-state index in [1.807, 2.05) is 6.92 Å². The normalized spacial score (nSPS) is 18.9. The van der Waals surface area contributed by atoms with Gasteiger partial charge >= 0.3 is 0 Å². The van der Waals surface area contributed by atoms with Crippen molar-refractivity contribution >= 4 is 0 Å². The zero-order valence-corrected chi connectivity index (χ0v) is 12.9. The summed E-state index contributed by atoms with van der Waals surface area (Å²) in [6.07, 6.45) is 1.02. The second-order valence-corrected chi connectivity index (χ2v) is 5.82. The van der Waals surface area contributed by atoms with E-state index in [-0.39, 0.29) is 6.04 Å². The molecule has 118 valence electrons. The number of benzene rings is 1. The van der Waals surface area contributed by atoms with Crippen LogP contribution in [-0.4, -0.2) is 56.1 Å². The van der Waals surface area contributed by atoms with E-state index in [0.717, 1.165) is 51.8 Å². The van der Waals surface area contributed by atoms with Crippen LogP contribution in [0.5, 0.6) is 0 Å². The van der Waals surface area contributed by atoms with E-state index in [9.17, 15) is 8.78 Å². The molecule has 1 aromatic carbocycles. The second kappa shape index (κ2) is 7.82. The van der Waals surface area contributed by atoms with Crippen molar-refractivity contribution in [3.8, 4) is 0 Å². The average molecular weight is 297 g/mol. The Balaban J connectivity index is 1.70. The van der Waals surface area contributed by atoms with E-state index in [1.165, 1.54) is 0 Å². The van der Waals surface area contributed by atoms with Crippen LogP contribution in [0, 0.1) is 11.6 Å². The maximum Gasteiger partial charge on any atom is 0.163 e. The van der Waals surface area contributed by atoms with Crippen molar-refractivity contribution < 1.29 is 8.78 Å². The smallest absolute Gasteiger partial charge is 0.163 e. The van der Waals surface area contributed by atoms with Gasteiger partial charge in [-0.25, -0.2) is 8.78 Å². The molecule has 5 heteroatoms. The quantitative estimate of drug-likeness (QED) is 0.813. The van der Waals surface area contributed by atoms with Gasteiger partial charge in [-0.15, -0.1) is 0 Å². The third-order valence-electron chi connectivity index (χ3n) is 4.15. The first-order valence-electron chi connectivity index (χ1n) is 7.66. The van der Waals surface area contributed by atoms with Crippen LogP contribution in [-0.2, 0) is 0 Å². The Morgan fingerprint density at radius 2 is 1.90 bits per heavy atom. The molecule has 1 aromatic rings. The number of hydrogen-bond acceptors (Lipinski definition) is 3. The van der Waals surface area contributed by atoms with Crippen molar-refractivity contribution in [1.29, 1.82) is 0 Å². The zero-order chi connectivity index (χ0) is 15.2. The number of piperazine rings is 1. The molecule has 0 radical (unpaired) electrons. The Morgan fingerprint density at radius 3 is 2.62 bits per heavy atom. The molecule has 0 amide bonds. The summed E-state index contributed by atoms with van der Waals surface area (Å²) >= 11 is 0. The Morgan fingerprint density at radius 1 is 1.19 bits per heavy atom. The van der Waals surface area contributed by atoms with Gasteiger partial charge in [0.15, 0.2) is 11.6 Å². The van der Waals surface area contributed by atoms with Gasteiger partial charge in [-0.3, -0.25) is 0 Å². The highest BCUT2D eigenvalue weighted by Crippen LogP contribution is 2.18. The summed E-state index contributed by atoms with van der Waals surface area (Å²) in [7, 11) is 2.15. The highest BCUT2D eigenvalue weighted by Gasteiger charge is 2.15. The highest BCUT2D eigenvalue weighted by molar-refractivity contribution is 5.21. The molecule has 0 saturated carbocycles. The molecule has 1 fully saturated rings. The summed E-state index contributed by atoms with van der Waals surface area (Å²) in [6.45, 7) is 8.21. The summed E-state index contributed by atoms with van der Waals surface area (Å²) in [5, 5.41) is 3.27. The summed E-state index contributed by atoms with van der Waals surface area (Å²) in [4.78, 5) is 4.79. The number of likely N-dealkylation sites (N-methyl/N-ethyl adjacent to an activating group) is 1. The predicted molar refractivity (Wildman–Crippen MR) is 81.3 cm³/mol. The van der Waals surface area contributed by atoms with Crippen molar-refractivity contribution in [2.45, 2.75) is 19.4 Å². The third-order valence-corrected chi connectivity index (χ3v) is 4.15. The summed E-state index contributed by atoms with van der Waals surface area (Å²) in [6, 6.07) is 4.17. The molecule has 0 spiro atoms. The molecule has 1 N–H and O–H groups in total. The largest absolute Gasteiger partial charge is 0.310 e. The van der Waals surface area contributed by atoms with Gasteiger partial charge in [0.1, 0.15) is 0 Å². The maximum atomic E-state index is 13.7. The summed E-state index contributed by atoms with van der Waals surface area (Å²) < 4.78 is 26.8. The van der Waals surface area contributed by atoms with Crippen LogP contribution in [0.2, 0.25) is 0 Å². The first kappa shape index (κ1) is 16.3. The van der Waals surface area contributed by atoms with Crippen LogP contribution < -0.4 is 5.32 Å². The zero-order valence-electron chi connectivity index (χ0n) is 12.9. The molecule has 1 saturated heterocycles. The van der Waals surface area contributed by atoms with Gasteiger partial charge in [-0.1, -0.05) is 12.1 Å². The molecule has 0 aliphatic carbocycles. The topological polar surface area (TPSA) is 18.5 Å². The molecule has 1 unspecified atom stereocenters. The fourth-order valence-electron chi connectivity index (χ4n) is 2.66. The van der Waals surface area contributed by atoms with Gasteiger partial charge in [-0.05, 0) is 39.5 Å². The molecule has 2 rings (SSSR count). The fraction of sp³-hybridized carbons (Fsp3) is 0.625. The lowest BCUT2D eigenvalue weighted by atomic mass is 10.1. The minimum Gasteiger partial charge on any atom is -0.310 e. The molecule has 21 heavy (non-hydrogen) atoms. The molecule has 1 aliphatic heterocycles. The van der Waals surface area contributed by atoms with Gasteiger partial charge < -0.3 is 15.1 Å². The van der Waals surface area contributed by atoms with E-state index >= 15 is 0 Å². The monoisotopic (exact) mass is 297 g/mol. The molecule has 1 aliphatic rings. The standard InChI is InChI=1S/C16H25F2N3/c1-13(14-5-3-6-15(17)16(14)18)19-7-4-8-21-11-9-20(2)10-12-21/h3,5-6,13,19H,4,7-12H2,1-2H3. The van der Waals surface area contributed by atoms with Crippen LogP contribution in [0.1, 0.15) is 24.9 Å². The highest BCUT2D eigenvalue weighted by atomic mass is 19.2. The Labute approximate surface area is 125 Å². The first-order valence-corrected chi connectivity index (χ1v) is 7.66. The van der Waals surface area contributed by atoms with Crippen molar-refractivity contribution in [2.75, 3.05) is 46.3 Å². The fourth-order valence-corrected chi connectivity index (χ4v) is 2.66. The Kier molecular flexibility index (Phi) is 6.08. The van der Waals surface area contributed by atoms with Crippen LogP contribution in [0.3, 0.4) is 0 Å². The Bertz CT molecular complexity index is 445. The molecular formula is C16H25F2N3. The predicted octanol–water partition coefficient (Wildman–Crippen LogP) is 2.25. The van der Waals surface area contributed by atoms with Crippen molar-refractivity contribution in [3.05, 3.63) is 35.4 Å². The molecule has 0 bridgehead atoms. The lowest BCUT2D eigenvalue weighted by Gasteiger charge is -2.32. The van der Waals surface area contributed by atoms with Gasteiger partial charge in [0.25, 0.3) is 0 Å². The van der Waals surface area contributed by atoms with Gasteiger partial charge in [0.2, 0.25) is 0 Å². The van der Waals surface area contributed by atoms with Crippen LogP contribution in [0.15, 0.2) is 18.2 Å². The second-order valence-electron chi connectivity index (χ2n) is 5.82. The SMILES string of the molecule is CC(NCCCN1CCN(C)CC1)c1cccc(F)c1F. The van der Waals surface area contributed by atoms with Crippen LogP contribution >= 0.6 is 0 Å². The molecule has 3 nitrogen and oxygen atoms in total. The number of nitrogens with one attached hydrogen (secondary N) is 1. The maximum absolute atomic E-state index is 13.7. The molecular weight excluding hydrogens is 272 g/mol. The van der Waals surface area contributed by atoms with E-state index < -0.39 is 11.6 Å². The first-order chi connectivity index (χ1) is 10.1. The van der Waals surface area contributed by atoms with E-state index in [4.69, 9.17) is 0 Å². The summed E-state index contributed by atoms with van der Waals surface area (Å²) in [5.41, 5.74) is 0.398. The van der Waals surface area contributed by atoms with Crippen molar-refractivity contribution in [1.82, 2.24) is 15.1 Å². The number of rotatable bonds is 6. The van der Waals surface area contributed by atoms with Crippen LogP contribution in [0.25, 0.3) is 0 Å². The van der Waals surface area contributed by atoms with Crippen LogP contribution in [0.4, 0.5) is 8.78 Å². The van der Waals surface area contributed by atoms with E-state index in [1.54, 1.807) is 12.1 Å². The minimum absolute atomic E-state index is 0.173. The lowest BCUT2D eigenvalue weighted by molar-refractivity contribution is 0.152.